The van der Waals surface area contributed by atoms with Crippen LogP contribution >= 0.6 is 0 Å². The summed E-state index contributed by atoms with van der Waals surface area (Å²) >= 11 is 0. The zero-order valence-electron chi connectivity index (χ0n) is 14.9. The molecule has 1 rings (SSSR count). The van der Waals surface area contributed by atoms with E-state index in [1.165, 1.54) is 6.42 Å². The van der Waals surface area contributed by atoms with E-state index in [1.54, 1.807) is 7.05 Å². The van der Waals surface area contributed by atoms with Gasteiger partial charge in [0.25, 0.3) is 0 Å². The van der Waals surface area contributed by atoms with Crippen molar-refractivity contribution >= 4 is 5.96 Å². The number of guanidine groups is 1. The highest BCUT2D eigenvalue weighted by atomic mass is 16.5. The van der Waals surface area contributed by atoms with Gasteiger partial charge in [-0.25, -0.2) is 0 Å². The highest BCUT2D eigenvalue weighted by Gasteiger charge is 2.09. The van der Waals surface area contributed by atoms with Crippen molar-refractivity contribution in [2.75, 3.05) is 33.4 Å². The number of aromatic nitrogens is 2. The summed E-state index contributed by atoms with van der Waals surface area (Å²) in [6.45, 7) is 9.43. The number of aliphatic imine (C=N–C) groups is 1. The van der Waals surface area contributed by atoms with Gasteiger partial charge >= 0.3 is 0 Å². The molecule has 0 unspecified atom stereocenters. The van der Waals surface area contributed by atoms with Gasteiger partial charge < -0.3 is 19.9 Å². The Morgan fingerprint density at radius 3 is 2.61 bits per heavy atom. The van der Waals surface area contributed by atoms with Crippen molar-refractivity contribution in [3.05, 3.63) is 11.7 Å². The standard InChI is InChI=1S/C16H31N5O2/c1-5-6-11-22-12-7-9-18-16(17-4)19-10-8-14-20-15(13(2)3)21-23-14/h13H,5-12H2,1-4H3,(H2,17,18,19). The molecular formula is C16H31N5O2. The first-order chi connectivity index (χ1) is 11.2. The molecule has 23 heavy (non-hydrogen) atoms. The van der Waals surface area contributed by atoms with Gasteiger partial charge in [-0.15, -0.1) is 0 Å². The first-order valence-electron chi connectivity index (χ1n) is 8.52. The molecule has 0 aromatic carbocycles. The van der Waals surface area contributed by atoms with E-state index in [2.05, 4.69) is 32.7 Å². The molecule has 0 spiro atoms. The molecule has 0 aliphatic carbocycles. The predicted molar refractivity (Wildman–Crippen MR) is 91.8 cm³/mol. The van der Waals surface area contributed by atoms with Crippen LogP contribution in [0.1, 0.15) is 57.7 Å². The normalized spacial score (nSPS) is 12.0. The Morgan fingerprint density at radius 1 is 1.22 bits per heavy atom. The summed E-state index contributed by atoms with van der Waals surface area (Å²) in [5.74, 6) is 2.48. The third-order valence-electron chi connectivity index (χ3n) is 3.26. The minimum Gasteiger partial charge on any atom is -0.381 e. The van der Waals surface area contributed by atoms with Crippen LogP contribution in [-0.2, 0) is 11.2 Å². The van der Waals surface area contributed by atoms with Crippen LogP contribution in [0.3, 0.4) is 0 Å². The quantitative estimate of drug-likeness (QED) is 0.368. The van der Waals surface area contributed by atoms with E-state index in [-0.39, 0.29) is 5.92 Å². The summed E-state index contributed by atoms with van der Waals surface area (Å²) in [4.78, 5) is 8.54. The van der Waals surface area contributed by atoms with Crippen LogP contribution in [0.2, 0.25) is 0 Å². The lowest BCUT2D eigenvalue weighted by atomic mass is 10.2. The first kappa shape index (κ1) is 19.4. The zero-order chi connectivity index (χ0) is 16.9. The van der Waals surface area contributed by atoms with E-state index >= 15 is 0 Å². The second-order valence-electron chi connectivity index (χ2n) is 5.70. The molecule has 1 heterocycles. The SMILES string of the molecule is CCCCOCCCNC(=NC)NCCc1nc(C(C)C)no1. The molecule has 0 aliphatic heterocycles. The third-order valence-corrected chi connectivity index (χ3v) is 3.26. The number of unbranched alkanes of at least 4 members (excludes halogenated alkanes) is 1. The van der Waals surface area contributed by atoms with Gasteiger partial charge in [0.05, 0.1) is 0 Å². The van der Waals surface area contributed by atoms with Gasteiger partial charge in [-0.1, -0.05) is 32.3 Å². The molecule has 0 amide bonds. The van der Waals surface area contributed by atoms with Crippen LogP contribution in [0.15, 0.2) is 9.52 Å². The van der Waals surface area contributed by atoms with Gasteiger partial charge in [0.15, 0.2) is 11.8 Å². The fourth-order valence-electron chi connectivity index (χ4n) is 1.84. The van der Waals surface area contributed by atoms with Crippen molar-refractivity contribution in [1.29, 1.82) is 0 Å². The average Bonchev–Trinajstić information content (AvgIpc) is 3.01. The minimum absolute atomic E-state index is 0.287. The lowest BCUT2D eigenvalue weighted by molar-refractivity contribution is 0.129. The van der Waals surface area contributed by atoms with Crippen LogP contribution in [0, 0.1) is 0 Å². The molecule has 1 aromatic rings. The average molecular weight is 325 g/mol. The minimum atomic E-state index is 0.287. The third kappa shape index (κ3) is 8.54. The Hall–Kier alpha value is -1.63. The number of hydrogen-bond acceptors (Lipinski definition) is 5. The molecule has 0 atom stereocenters. The molecule has 0 saturated carbocycles. The molecule has 2 N–H and O–H groups in total. The van der Waals surface area contributed by atoms with Gasteiger partial charge in [-0.2, -0.15) is 4.98 Å². The van der Waals surface area contributed by atoms with Gasteiger partial charge in [0, 0.05) is 45.7 Å². The topological polar surface area (TPSA) is 84.6 Å². The summed E-state index contributed by atoms with van der Waals surface area (Å²) < 4.78 is 10.7. The van der Waals surface area contributed by atoms with E-state index in [9.17, 15) is 0 Å². The molecule has 7 heteroatoms. The summed E-state index contributed by atoms with van der Waals surface area (Å²) in [5, 5.41) is 10.5. The molecule has 0 fully saturated rings. The lowest BCUT2D eigenvalue weighted by Gasteiger charge is -2.11. The smallest absolute Gasteiger partial charge is 0.228 e. The molecule has 7 nitrogen and oxygen atoms in total. The van der Waals surface area contributed by atoms with Crippen molar-refractivity contribution in [1.82, 2.24) is 20.8 Å². The first-order valence-corrected chi connectivity index (χ1v) is 8.52. The van der Waals surface area contributed by atoms with E-state index in [0.717, 1.165) is 44.4 Å². The highest BCUT2D eigenvalue weighted by molar-refractivity contribution is 5.79. The molecule has 1 aromatic heterocycles. The number of nitrogens with zero attached hydrogens (tertiary/aromatic N) is 3. The van der Waals surface area contributed by atoms with Crippen molar-refractivity contribution in [2.45, 2.75) is 52.4 Å². The Balaban J connectivity index is 2.11. The molecule has 0 radical (unpaired) electrons. The Morgan fingerprint density at radius 2 is 1.96 bits per heavy atom. The van der Waals surface area contributed by atoms with Crippen LogP contribution in [0.5, 0.6) is 0 Å². The van der Waals surface area contributed by atoms with Crippen LogP contribution < -0.4 is 10.6 Å². The second kappa shape index (κ2) is 11.9. The van der Waals surface area contributed by atoms with Gasteiger partial charge in [0.1, 0.15) is 0 Å². The van der Waals surface area contributed by atoms with E-state index in [0.29, 0.717) is 18.9 Å². The molecule has 132 valence electrons. The summed E-state index contributed by atoms with van der Waals surface area (Å²) in [7, 11) is 1.76. The maximum atomic E-state index is 5.52. The lowest BCUT2D eigenvalue weighted by Crippen LogP contribution is -2.39. The van der Waals surface area contributed by atoms with E-state index in [4.69, 9.17) is 9.26 Å². The summed E-state index contributed by atoms with van der Waals surface area (Å²) in [6.07, 6.45) is 3.95. The second-order valence-corrected chi connectivity index (χ2v) is 5.70. The number of rotatable bonds is 11. The predicted octanol–water partition coefficient (Wildman–Crippen LogP) is 2.11. The van der Waals surface area contributed by atoms with Crippen LogP contribution in [0.4, 0.5) is 0 Å². The monoisotopic (exact) mass is 325 g/mol. The van der Waals surface area contributed by atoms with Gasteiger partial charge in [-0.3, -0.25) is 4.99 Å². The van der Waals surface area contributed by atoms with Crippen molar-refractivity contribution < 1.29 is 9.26 Å². The van der Waals surface area contributed by atoms with Gasteiger partial charge in [-0.05, 0) is 12.8 Å². The molecular weight excluding hydrogens is 294 g/mol. The Bertz CT molecular complexity index is 445. The fraction of sp³-hybridized carbons (Fsp3) is 0.812. The summed E-state index contributed by atoms with van der Waals surface area (Å²) in [6, 6.07) is 0. The van der Waals surface area contributed by atoms with Crippen LogP contribution in [0.25, 0.3) is 0 Å². The van der Waals surface area contributed by atoms with Crippen LogP contribution in [-0.4, -0.2) is 49.5 Å². The van der Waals surface area contributed by atoms with E-state index < -0.39 is 0 Å². The van der Waals surface area contributed by atoms with Crippen molar-refractivity contribution in [3.63, 3.8) is 0 Å². The van der Waals surface area contributed by atoms with E-state index in [1.807, 2.05) is 13.8 Å². The Labute approximate surface area is 139 Å². The maximum Gasteiger partial charge on any atom is 0.228 e. The molecule has 0 bridgehead atoms. The van der Waals surface area contributed by atoms with Gasteiger partial charge in [0.2, 0.25) is 5.89 Å². The number of ether oxygens (including phenoxy) is 1. The number of nitrogens with one attached hydrogen (secondary N) is 2. The fourth-order valence-corrected chi connectivity index (χ4v) is 1.84. The molecule has 0 aliphatic rings. The largest absolute Gasteiger partial charge is 0.381 e. The summed E-state index contributed by atoms with van der Waals surface area (Å²) in [5.41, 5.74) is 0. The molecule has 0 saturated heterocycles. The maximum absolute atomic E-state index is 5.52. The zero-order valence-corrected chi connectivity index (χ0v) is 14.9. The van der Waals surface area contributed by atoms with Crippen molar-refractivity contribution in [3.8, 4) is 0 Å². The van der Waals surface area contributed by atoms with Crippen molar-refractivity contribution in [2.24, 2.45) is 4.99 Å². The Kier molecular flexibility index (Phi) is 10.0. The number of hydrogen-bond donors (Lipinski definition) is 2. The highest BCUT2D eigenvalue weighted by Crippen LogP contribution is 2.09.